The van der Waals surface area contributed by atoms with Gasteiger partial charge in [0.25, 0.3) is 11.8 Å². The molecule has 1 atom stereocenters. The van der Waals surface area contributed by atoms with Gasteiger partial charge >= 0.3 is 0 Å². The number of benzene rings is 2. The first-order chi connectivity index (χ1) is 11.5. The lowest BCUT2D eigenvalue weighted by Gasteiger charge is -2.23. The van der Waals surface area contributed by atoms with Crippen LogP contribution in [0.25, 0.3) is 0 Å². The van der Waals surface area contributed by atoms with Crippen LogP contribution < -0.4 is 5.32 Å². The van der Waals surface area contributed by atoms with Gasteiger partial charge in [-0.1, -0.05) is 46.3 Å². The molecule has 1 N–H and O–H groups in total. The topological polar surface area (TPSA) is 66.5 Å². The number of carbonyl (C=O) groups is 3. The first-order valence-corrected chi connectivity index (χ1v) is 8.37. The van der Waals surface area contributed by atoms with Crippen molar-refractivity contribution in [2.45, 2.75) is 10.7 Å². The van der Waals surface area contributed by atoms with Gasteiger partial charge in [0, 0.05) is 17.8 Å². The van der Waals surface area contributed by atoms with Gasteiger partial charge in [-0.15, -0.1) is 0 Å². The molecule has 0 aromatic heterocycles. The molecule has 0 saturated heterocycles. The Labute approximate surface area is 146 Å². The molecular formula is C18H13BrN2O3. The minimum Gasteiger partial charge on any atom is -0.324 e. The van der Waals surface area contributed by atoms with E-state index in [1.165, 1.54) is 4.90 Å². The summed E-state index contributed by atoms with van der Waals surface area (Å²) in [5.41, 5.74) is 2.41. The van der Waals surface area contributed by atoms with Gasteiger partial charge in [0.15, 0.2) is 0 Å². The van der Waals surface area contributed by atoms with Crippen molar-refractivity contribution in [1.82, 2.24) is 4.90 Å². The predicted octanol–water partition coefficient (Wildman–Crippen LogP) is 2.92. The van der Waals surface area contributed by atoms with E-state index < -0.39 is 4.32 Å². The molecule has 6 heteroatoms. The van der Waals surface area contributed by atoms with Crippen LogP contribution in [0.2, 0.25) is 0 Å². The second-order valence-corrected chi connectivity index (χ2v) is 7.21. The molecule has 0 saturated carbocycles. The maximum atomic E-state index is 12.4. The summed E-state index contributed by atoms with van der Waals surface area (Å²) in [5.74, 6) is -0.794. The van der Waals surface area contributed by atoms with E-state index in [2.05, 4.69) is 21.2 Å². The number of carbonyl (C=O) groups excluding carboxylic acids is 3. The fourth-order valence-corrected chi connectivity index (χ4v) is 3.86. The highest BCUT2D eigenvalue weighted by molar-refractivity contribution is 9.10. The Morgan fingerprint density at radius 2 is 1.50 bits per heavy atom. The summed E-state index contributed by atoms with van der Waals surface area (Å²) in [5, 5.41) is 2.83. The average Bonchev–Trinajstić information content (AvgIpc) is 2.99. The molecule has 3 amide bonds. The molecule has 1 unspecified atom stereocenters. The van der Waals surface area contributed by atoms with Crippen LogP contribution in [0.3, 0.4) is 0 Å². The third-order valence-electron chi connectivity index (χ3n) is 4.52. The third kappa shape index (κ3) is 2.03. The van der Waals surface area contributed by atoms with Crippen molar-refractivity contribution < 1.29 is 14.4 Å². The van der Waals surface area contributed by atoms with Gasteiger partial charge in [0.1, 0.15) is 4.32 Å². The molecule has 2 aliphatic heterocycles. The van der Waals surface area contributed by atoms with Gasteiger partial charge < -0.3 is 5.32 Å². The molecule has 2 aliphatic rings. The zero-order valence-corrected chi connectivity index (χ0v) is 14.2. The van der Waals surface area contributed by atoms with E-state index in [1.807, 2.05) is 24.3 Å². The Kier molecular flexibility index (Phi) is 3.31. The maximum absolute atomic E-state index is 12.4. The van der Waals surface area contributed by atoms with Crippen molar-refractivity contribution >= 4 is 39.3 Å². The van der Waals surface area contributed by atoms with Crippen molar-refractivity contribution in [2.75, 3.05) is 11.9 Å². The fourth-order valence-electron chi connectivity index (χ4n) is 3.24. The van der Waals surface area contributed by atoms with Crippen LogP contribution in [0.4, 0.5) is 5.69 Å². The fraction of sp³-hybridized carbons (Fsp3) is 0.167. The van der Waals surface area contributed by atoms with Crippen LogP contribution in [0, 0.1) is 0 Å². The van der Waals surface area contributed by atoms with Crippen molar-refractivity contribution in [1.29, 1.82) is 0 Å². The summed E-state index contributed by atoms with van der Waals surface area (Å²) in [6.45, 7) is 0.166. The highest BCUT2D eigenvalue weighted by Gasteiger charge is 2.46. The summed E-state index contributed by atoms with van der Waals surface area (Å²) >= 11 is 3.53. The van der Waals surface area contributed by atoms with Crippen molar-refractivity contribution in [3.8, 4) is 0 Å². The number of alkyl halides is 1. The highest BCUT2D eigenvalue weighted by atomic mass is 79.9. The largest absolute Gasteiger partial charge is 0.324 e. The van der Waals surface area contributed by atoms with Crippen LogP contribution >= 0.6 is 15.9 Å². The summed E-state index contributed by atoms with van der Waals surface area (Å²) in [4.78, 5) is 38.5. The zero-order valence-electron chi connectivity index (χ0n) is 12.6. The number of hydrogen-bond donors (Lipinski definition) is 1. The number of anilines is 1. The lowest BCUT2D eigenvalue weighted by atomic mass is 9.96. The Morgan fingerprint density at radius 3 is 2.17 bits per heavy atom. The number of nitrogens with one attached hydrogen (secondary N) is 1. The van der Waals surface area contributed by atoms with Crippen molar-refractivity contribution in [2.24, 2.45) is 0 Å². The average molecular weight is 385 g/mol. The van der Waals surface area contributed by atoms with Gasteiger partial charge in [0.2, 0.25) is 5.91 Å². The molecule has 24 heavy (non-hydrogen) atoms. The number of hydrogen-bond acceptors (Lipinski definition) is 3. The first-order valence-electron chi connectivity index (χ1n) is 7.57. The number of para-hydroxylation sites is 1. The van der Waals surface area contributed by atoms with Crippen LogP contribution in [0.1, 0.15) is 32.7 Å². The van der Waals surface area contributed by atoms with E-state index in [0.29, 0.717) is 17.5 Å². The zero-order chi connectivity index (χ0) is 16.9. The lowest BCUT2D eigenvalue weighted by molar-refractivity contribution is -0.118. The van der Waals surface area contributed by atoms with Gasteiger partial charge in [0.05, 0.1) is 11.1 Å². The van der Waals surface area contributed by atoms with E-state index in [9.17, 15) is 14.4 Å². The van der Waals surface area contributed by atoms with Crippen molar-refractivity contribution in [3.05, 3.63) is 65.2 Å². The quantitative estimate of drug-likeness (QED) is 0.653. The van der Waals surface area contributed by atoms with Gasteiger partial charge in [-0.3, -0.25) is 19.3 Å². The van der Waals surface area contributed by atoms with E-state index in [1.54, 1.807) is 24.3 Å². The SMILES string of the molecule is O=C1c2ccccc2C(=O)N1CCC1(Br)C(=O)Nc2ccccc21. The molecule has 5 nitrogen and oxygen atoms in total. The third-order valence-corrected chi connectivity index (χ3v) is 5.70. The van der Waals surface area contributed by atoms with Gasteiger partial charge in [-0.05, 0) is 24.6 Å². The van der Waals surface area contributed by atoms with Crippen LogP contribution in [-0.2, 0) is 9.12 Å². The lowest BCUT2D eigenvalue weighted by Crippen LogP contribution is -2.37. The smallest absolute Gasteiger partial charge is 0.261 e. The number of fused-ring (bicyclic) bond motifs is 2. The minimum atomic E-state index is -0.932. The number of amides is 3. The van der Waals surface area contributed by atoms with Crippen LogP contribution in [0.5, 0.6) is 0 Å². The summed E-state index contributed by atoms with van der Waals surface area (Å²) in [7, 11) is 0. The van der Waals surface area contributed by atoms with E-state index in [4.69, 9.17) is 0 Å². The number of nitrogens with zero attached hydrogens (tertiary/aromatic N) is 1. The molecular weight excluding hydrogens is 372 g/mol. The standard InChI is InChI=1S/C18H13BrN2O3/c19-18(13-7-3-4-8-14(13)20-17(18)24)9-10-21-15(22)11-5-1-2-6-12(11)16(21)23/h1-8H,9-10H2,(H,20,24). The van der Waals surface area contributed by atoms with Crippen LogP contribution in [0.15, 0.2) is 48.5 Å². The second kappa shape index (κ2) is 5.27. The molecule has 2 aromatic rings. The summed E-state index contributed by atoms with van der Waals surface area (Å²) in [6.07, 6.45) is 0.307. The minimum absolute atomic E-state index is 0.166. The number of halogens is 1. The van der Waals surface area contributed by atoms with E-state index >= 15 is 0 Å². The molecule has 2 heterocycles. The Hall–Kier alpha value is -2.47. The first kappa shape index (κ1) is 15.1. The molecule has 0 radical (unpaired) electrons. The predicted molar refractivity (Wildman–Crippen MR) is 92.1 cm³/mol. The Bertz CT molecular complexity index is 860. The molecule has 0 fully saturated rings. The summed E-state index contributed by atoms with van der Waals surface area (Å²) in [6, 6.07) is 14.2. The molecule has 2 aromatic carbocycles. The van der Waals surface area contributed by atoms with E-state index in [-0.39, 0.29) is 24.3 Å². The maximum Gasteiger partial charge on any atom is 0.261 e. The Balaban J connectivity index is 1.59. The monoisotopic (exact) mass is 384 g/mol. The molecule has 120 valence electrons. The molecule has 0 bridgehead atoms. The molecule has 0 aliphatic carbocycles. The molecule has 0 spiro atoms. The Morgan fingerprint density at radius 1 is 0.917 bits per heavy atom. The second-order valence-electron chi connectivity index (χ2n) is 5.86. The number of imide groups is 1. The highest BCUT2D eigenvalue weighted by Crippen LogP contribution is 2.45. The molecule has 4 rings (SSSR count). The normalized spacial score (nSPS) is 21.7. The van der Waals surface area contributed by atoms with Gasteiger partial charge in [-0.25, -0.2) is 0 Å². The van der Waals surface area contributed by atoms with Crippen molar-refractivity contribution in [3.63, 3.8) is 0 Å². The summed E-state index contributed by atoms with van der Waals surface area (Å²) < 4.78 is -0.932. The van der Waals surface area contributed by atoms with E-state index in [0.717, 1.165) is 11.3 Å². The van der Waals surface area contributed by atoms with Crippen LogP contribution in [-0.4, -0.2) is 29.2 Å². The number of rotatable bonds is 3. The van der Waals surface area contributed by atoms with Gasteiger partial charge in [-0.2, -0.15) is 0 Å².